The van der Waals surface area contributed by atoms with E-state index < -0.39 is 0 Å². The Morgan fingerprint density at radius 2 is 1.07 bits per heavy atom. The Hall–Kier alpha value is -2.86. The third-order valence-corrected chi connectivity index (χ3v) is 7.27. The average Bonchev–Trinajstić information content (AvgIpc) is 2.94. The van der Waals surface area contributed by atoms with Crippen LogP contribution in [0.4, 0.5) is 0 Å². The maximum absolute atomic E-state index is 2.50. The molecule has 2 aliphatic rings. The molecule has 136 valence electrons. The van der Waals surface area contributed by atoms with Crippen molar-refractivity contribution in [3.8, 4) is 22.3 Å². The molecule has 0 fully saturated rings. The zero-order valence-corrected chi connectivity index (χ0v) is 16.9. The van der Waals surface area contributed by atoms with E-state index in [0.29, 0.717) is 0 Å². The highest BCUT2D eigenvalue weighted by atomic mass is 14.4. The first kappa shape index (κ1) is 16.1. The van der Waals surface area contributed by atoms with E-state index in [0.717, 1.165) is 0 Å². The fraction of sp³-hybridized carbons (Fsp3) is 0.214. The Balaban J connectivity index is 1.87. The molecule has 0 saturated heterocycles. The van der Waals surface area contributed by atoms with Gasteiger partial charge in [0.1, 0.15) is 0 Å². The maximum Gasteiger partial charge on any atom is 0.0159 e. The molecule has 0 heteroatoms. The molecule has 0 unspecified atom stereocenters. The minimum Gasteiger partial charge on any atom is -0.0619 e. The summed E-state index contributed by atoms with van der Waals surface area (Å²) in [4.78, 5) is 0. The lowest BCUT2D eigenvalue weighted by molar-refractivity contribution is 0.644. The summed E-state index contributed by atoms with van der Waals surface area (Å²) in [5.41, 5.74) is 11.5. The summed E-state index contributed by atoms with van der Waals surface area (Å²) in [7, 11) is 0. The van der Waals surface area contributed by atoms with Crippen molar-refractivity contribution in [1.29, 1.82) is 0 Å². The third-order valence-electron chi connectivity index (χ3n) is 7.27. The molecule has 4 aromatic carbocycles. The number of rotatable bonds is 0. The van der Waals surface area contributed by atoms with Crippen LogP contribution in [0.1, 0.15) is 49.9 Å². The van der Waals surface area contributed by atoms with E-state index >= 15 is 0 Å². The highest BCUT2D eigenvalue weighted by molar-refractivity contribution is 6.12. The van der Waals surface area contributed by atoms with Gasteiger partial charge in [-0.2, -0.15) is 0 Å². The summed E-state index contributed by atoms with van der Waals surface area (Å²) < 4.78 is 0. The summed E-state index contributed by atoms with van der Waals surface area (Å²) in [5.74, 6) is 0. The summed E-state index contributed by atoms with van der Waals surface area (Å²) in [6.45, 7) is 9.49. The van der Waals surface area contributed by atoms with E-state index in [1.807, 2.05) is 0 Å². The summed E-state index contributed by atoms with van der Waals surface area (Å²) in [5, 5.41) is 2.85. The largest absolute Gasteiger partial charge is 0.0619 e. The third kappa shape index (κ3) is 1.72. The zero-order valence-electron chi connectivity index (χ0n) is 16.9. The number of benzene rings is 4. The SMILES string of the molecule is CC1(C)c2ccccc2-c2c1cc1c3c(cccc23)C(C)(C)c2ccccc2-1. The van der Waals surface area contributed by atoms with Gasteiger partial charge in [-0.05, 0) is 61.3 Å². The fourth-order valence-electron chi connectivity index (χ4n) is 5.80. The van der Waals surface area contributed by atoms with E-state index in [4.69, 9.17) is 0 Å². The van der Waals surface area contributed by atoms with Gasteiger partial charge in [-0.3, -0.25) is 0 Å². The average molecular weight is 361 g/mol. The molecular weight excluding hydrogens is 336 g/mol. The quantitative estimate of drug-likeness (QED) is 0.305. The molecule has 0 nitrogen and oxygen atoms in total. The molecule has 0 bridgehead atoms. The molecule has 2 aliphatic carbocycles. The zero-order chi connectivity index (χ0) is 19.3. The van der Waals surface area contributed by atoms with Crippen LogP contribution in [0.3, 0.4) is 0 Å². The van der Waals surface area contributed by atoms with Gasteiger partial charge in [0.2, 0.25) is 0 Å². The molecule has 0 amide bonds. The predicted molar refractivity (Wildman–Crippen MR) is 119 cm³/mol. The molecular formula is C28H24. The van der Waals surface area contributed by atoms with Crippen LogP contribution in [0.2, 0.25) is 0 Å². The van der Waals surface area contributed by atoms with Crippen LogP contribution in [0.25, 0.3) is 33.0 Å². The van der Waals surface area contributed by atoms with Crippen LogP contribution in [-0.4, -0.2) is 0 Å². The monoisotopic (exact) mass is 360 g/mol. The first-order chi connectivity index (χ1) is 13.4. The summed E-state index contributed by atoms with van der Waals surface area (Å²) >= 11 is 0. The number of hydrogen-bond donors (Lipinski definition) is 0. The van der Waals surface area contributed by atoms with Gasteiger partial charge in [0, 0.05) is 10.8 Å². The van der Waals surface area contributed by atoms with Gasteiger partial charge in [-0.1, -0.05) is 94.4 Å². The Bertz CT molecular complexity index is 1300. The molecule has 0 atom stereocenters. The Morgan fingerprint density at radius 3 is 1.82 bits per heavy atom. The first-order valence-electron chi connectivity index (χ1n) is 10.2. The summed E-state index contributed by atoms with van der Waals surface area (Å²) in [6.07, 6.45) is 0. The Morgan fingerprint density at radius 1 is 0.500 bits per heavy atom. The van der Waals surface area contributed by atoms with Gasteiger partial charge in [-0.15, -0.1) is 0 Å². The Kier molecular flexibility index (Phi) is 2.85. The van der Waals surface area contributed by atoms with E-state index in [2.05, 4.69) is 100 Å². The van der Waals surface area contributed by atoms with Crippen molar-refractivity contribution in [2.45, 2.75) is 38.5 Å². The highest BCUT2D eigenvalue weighted by Gasteiger charge is 2.40. The lowest BCUT2D eigenvalue weighted by Gasteiger charge is -2.36. The molecule has 0 aromatic heterocycles. The normalized spacial score (nSPS) is 17.1. The molecule has 28 heavy (non-hydrogen) atoms. The van der Waals surface area contributed by atoms with Crippen LogP contribution < -0.4 is 0 Å². The Labute approximate surface area is 166 Å². The van der Waals surface area contributed by atoms with Crippen molar-refractivity contribution >= 4 is 10.8 Å². The molecule has 4 aromatic rings. The van der Waals surface area contributed by atoms with Gasteiger partial charge >= 0.3 is 0 Å². The van der Waals surface area contributed by atoms with Crippen molar-refractivity contribution in [2.75, 3.05) is 0 Å². The first-order valence-corrected chi connectivity index (χ1v) is 10.2. The van der Waals surface area contributed by atoms with Crippen molar-refractivity contribution < 1.29 is 0 Å². The van der Waals surface area contributed by atoms with Gasteiger partial charge in [0.25, 0.3) is 0 Å². The van der Waals surface area contributed by atoms with Crippen LogP contribution in [0.15, 0.2) is 72.8 Å². The maximum atomic E-state index is 2.50. The molecule has 0 N–H and O–H groups in total. The van der Waals surface area contributed by atoms with Crippen molar-refractivity contribution in [2.24, 2.45) is 0 Å². The predicted octanol–water partition coefficient (Wildman–Crippen LogP) is 7.45. The molecule has 0 heterocycles. The van der Waals surface area contributed by atoms with Gasteiger partial charge in [0.15, 0.2) is 0 Å². The molecule has 0 spiro atoms. The molecule has 0 saturated carbocycles. The van der Waals surface area contributed by atoms with Gasteiger partial charge < -0.3 is 0 Å². The summed E-state index contributed by atoms with van der Waals surface area (Å²) in [6, 6.07) is 27.4. The lowest BCUT2D eigenvalue weighted by Crippen LogP contribution is -2.24. The van der Waals surface area contributed by atoms with Crippen LogP contribution in [0, 0.1) is 0 Å². The van der Waals surface area contributed by atoms with Crippen molar-refractivity contribution in [3.63, 3.8) is 0 Å². The minimum absolute atomic E-state index is 0.00494. The molecule has 0 aliphatic heterocycles. The number of hydrogen-bond acceptors (Lipinski definition) is 0. The number of fused-ring (bicyclic) bond motifs is 6. The van der Waals surface area contributed by atoms with E-state index in [9.17, 15) is 0 Å². The van der Waals surface area contributed by atoms with E-state index in [1.165, 1.54) is 55.3 Å². The standard InChI is InChI=1S/C28H24/c1-27(2)21-13-7-5-10-17(21)20-16-24-25(19-12-9-15-23(27)26(19)20)18-11-6-8-14-22(18)28(24,3)4/h5-16H,1-4H3. The minimum atomic E-state index is 0.00494. The van der Waals surface area contributed by atoms with Crippen molar-refractivity contribution in [1.82, 2.24) is 0 Å². The molecule has 0 radical (unpaired) electrons. The van der Waals surface area contributed by atoms with Gasteiger partial charge in [-0.25, -0.2) is 0 Å². The highest BCUT2D eigenvalue weighted by Crippen LogP contribution is 2.56. The van der Waals surface area contributed by atoms with E-state index in [-0.39, 0.29) is 10.8 Å². The van der Waals surface area contributed by atoms with Gasteiger partial charge in [0.05, 0.1) is 0 Å². The smallest absolute Gasteiger partial charge is 0.0159 e. The van der Waals surface area contributed by atoms with Crippen LogP contribution in [-0.2, 0) is 10.8 Å². The van der Waals surface area contributed by atoms with Crippen molar-refractivity contribution in [3.05, 3.63) is 95.1 Å². The van der Waals surface area contributed by atoms with Crippen LogP contribution in [0.5, 0.6) is 0 Å². The van der Waals surface area contributed by atoms with Crippen LogP contribution >= 0.6 is 0 Å². The second-order valence-electron chi connectivity index (χ2n) is 9.42. The van der Waals surface area contributed by atoms with E-state index in [1.54, 1.807) is 0 Å². The second-order valence-corrected chi connectivity index (χ2v) is 9.42. The second kappa shape index (κ2) is 4.94. The molecule has 6 rings (SSSR count). The topological polar surface area (TPSA) is 0 Å². The lowest BCUT2D eigenvalue weighted by atomic mass is 9.67. The fourth-order valence-corrected chi connectivity index (χ4v) is 5.80.